The first-order valence-corrected chi connectivity index (χ1v) is 15.8. The number of anilines is 1. The summed E-state index contributed by atoms with van der Waals surface area (Å²) in [6.45, 7) is 6.01. The second-order valence-electron chi connectivity index (χ2n) is 10.8. The number of benzene rings is 2. The van der Waals surface area contributed by atoms with E-state index in [1.807, 2.05) is 19.1 Å². The molecule has 4 N–H and O–H groups in total. The van der Waals surface area contributed by atoms with Gasteiger partial charge in [-0.05, 0) is 73.6 Å². The number of morpholine rings is 1. The summed E-state index contributed by atoms with van der Waals surface area (Å²) in [6.07, 6.45) is 5.15. The largest absolute Gasteiger partial charge is 0.449 e. The molecule has 2 aliphatic heterocycles. The number of carbonyl (C=O) groups is 1. The van der Waals surface area contributed by atoms with Crippen molar-refractivity contribution in [2.24, 2.45) is 5.73 Å². The topological polar surface area (TPSA) is 112 Å². The Kier molecular flexibility index (Phi) is 8.24. The number of nitrogens with one attached hydrogen (secondary N) is 2. The van der Waals surface area contributed by atoms with E-state index in [1.165, 1.54) is 4.90 Å². The Morgan fingerprint density at radius 1 is 1.08 bits per heavy atom. The predicted molar refractivity (Wildman–Crippen MR) is 153 cm³/mol. The smallest absolute Gasteiger partial charge is 0.341 e. The molecule has 1 saturated carbocycles. The van der Waals surface area contributed by atoms with Gasteiger partial charge in [-0.1, -0.05) is 30.2 Å². The number of aryl methyl sites for hydroxylation is 1. The molecule has 39 heavy (non-hydrogen) atoms. The van der Waals surface area contributed by atoms with E-state index in [2.05, 4.69) is 4.72 Å². The molecular weight excluding hydrogens is 538 g/mol. The first kappa shape index (κ1) is 28.0. The molecule has 0 bridgehead atoms. The van der Waals surface area contributed by atoms with Crippen molar-refractivity contribution >= 4 is 38.9 Å². The fraction of sp³-hybridized carbons (Fsp3) is 0.483. The van der Waals surface area contributed by atoms with Crippen LogP contribution in [0.15, 0.2) is 42.1 Å². The van der Waals surface area contributed by atoms with Crippen molar-refractivity contribution in [3.8, 4) is 11.1 Å². The molecule has 1 saturated heterocycles. The molecule has 3 aliphatic rings. The van der Waals surface area contributed by atoms with Crippen LogP contribution in [-0.2, 0) is 24.3 Å². The number of sulfonamides is 1. The van der Waals surface area contributed by atoms with E-state index >= 15 is 0 Å². The number of rotatable bonds is 8. The summed E-state index contributed by atoms with van der Waals surface area (Å²) < 4.78 is 39.4. The number of carbonyl (C=O) groups excluding carboxylic acids is 1. The van der Waals surface area contributed by atoms with Crippen LogP contribution in [0.2, 0.25) is 5.02 Å². The van der Waals surface area contributed by atoms with Gasteiger partial charge in [-0.25, -0.2) is 13.2 Å². The standard InChI is InChI=1S/C29H36ClN3O5S/c1-20-17-24(25(30)19-23(20)26-27(31)29(38-28(26)34)9-3-2-4-10-29)21-7-5-8-22(18-21)32-39(35,36)16-6-11-33-12-14-37-15-13-33/h5,7-8,17-19,32H,2-4,6,9-16,31H2,1H3/p+1. The minimum Gasteiger partial charge on any atom is -0.449 e. The molecule has 2 heterocycles. The highest BCUT2D eigenvalue weighted by molar-refractivity contribution is 7.92. The van der Waals surface area contributed by atoms with Gasteiger partial charge in [0.05, 0.1) is 36.8 Å². The molecule has 2 aromatic rings. The maximum atomic E-state index is 12.9. The van der Waals surface area contributed by atoms with Crippen molar-refractivity contribution in [3.63, 3.8) is 0 Å². The lowest BCUT2D eigenvalue weighted by Gasteiger charge is -2.32. The van der Waals surface area contributed by atoms with Gasteiger partial charge in [0.1, 0.15) is 13.1 Å². The summed E-state index contributed by atoms with van der Waals surface area (Å²) in [6, 6.07) is 10.9. The lowest BCUT2D eigenvalue weighted by Crippen LogP contribution is -3.14. The van der Waals surface area contributed by atoms with Crippen LogP contribution in [0.3, 0.4) is 0 Å². The molecule has 210 valence electrons. The van der Waals surface area contributed by atoms with Gasteiger partial charge in [0.25, 0.3) is 0 Å². The third kappa shape index (κ3) is 6.11. The van der Waals surface area contributed by atoms with Crippen LogP contribution in [0.4, 0.5) is 5.69 Å². The second-order valence-corrected chi connectivity index (χ2v) is 13.1. The molecule has 8 nitrogen and oxygen atoms in total. The van der Waals surface area contributed by atoms with E-state index in [0.717, 1.165) is 81.6 Å². The van der Waals surface area contributed by atoms with Crippen LogP contribution in [-0.4, -0.2) is 58.6 Å². The number of esters is 1. The van der Waals surface area contributed by atoms with Crippen LogP contribution in [0.1, 0.15) is 49.7 Å². The van der Waals surface area contributed by atoms with E-state index in [4.69, 9.17) is 26.8 Å². The Hall–Kier alpha value is -2.59. The van der Waals surface area contributed by atoms with E-state index in [1.54, 1.807) is 24.3 Å². The normalized spacial score (nSPS) is 19.9. The van der Waals surface area contributed by atoms with E-state index in [0.29, 0.717) is 34.0 Å². The molecule has 0 atom stereocenters. The van der Waals surface area contributed by atoms with Gasteiger partial charge < -0.3 is 20.1 Å². The van der Waals surface area contributed by atoms with Gasteiger partial charge in [0.15, 0.2) is 5.60 Å². The number of quaternary nitrogens is 1. The van der Waals surface area contributed by atoms with Gasteiger partial charge in [-0.2, -0.15) is 0 Å². The maximum Gasteiger partial charge on any atom is 0.341 e. The summed E-state index contributed by atoms with van der Waals surface area (Å²) in [4.78, 5) is 14.3. The first-order valence-electron chi connectivity index (χ1n) is 13.7. The summed E-state index contributed by atoms with van der Waals surface area (Å²) in [5.74, 6) is -0.336. The third-order valence-corrected chi connectivity index (χ3v) is 9.77. The minimum absolute atomic E-state index is 0.0598. The SMILES string of the molecule is Cc1cc(-c2cccc(NS(=O)(=O)CCC[NH+]3CCOCC3)c2)c(Cl)cc1C1=C(N)C2(CCCCC2)OC1=O. The van der Waals surface area contributed by atoms with Crippen LogP contribution in [0.5, 0.6) is 0 Å². The lowest BCUT2D eigenvalue weighted by atomic mass is 9.81. The van der Waals surface area contributed by atoms with Crippen LogP contribution in [0.25, 0.3) is 16.7 Å². The molecule has 0 radical (unpaired) electrons. The quantitative estimate of drug-likeness (QED) is 0.417. The molecule has 1 aliphatic carbocycles. The highest BCUT2D eigenvalue weighted by Crippen LogP contribution is 2.45. The second kappa shape index (κ2) is 11.5. The Labute approximate surface area is 235 Å². The Balaban J connectivity index is 1.33. The summed E-state index contributed by atoms with van der Waals surface area (Å²) in [7, 11) is -3.50. The number of halogens is 1. The van der Waals surface area contributed by atoms with Crippen molar-refractivity contribution in [2.75, 3.05) is 43.3 Å². The van der Waals surface area contributed by atoms with E-state index in [9.17, 15) is 13.2 Å². The van der Waals surface area contributed by atoms with Crippen molar-refractivity contribution in [1.82, 2.24) is 0 Å². The van der Waals surface area contributed by atoms with E-state index in [-0.39, 0.29) is 5.75 Å². The molecule has 0 aromatic heterocycles. The number of nitrogens with two attached hydrogens (primary N) is 1. The molecule has 0 amide bonds. The Bertz CT molecular complexity index is 1380. The fourth-order valence-corrected chi connectivity index (χ4v) is 7.33. The number of ether oxygens (including phenoxy) is 2. The zero-order valence-electron chi connectivity index (χ0n) is 22.4. The van der Waals surface area contributed by atoms with Crippen molar-refractivity contribution in [3.05, 3.63) is 58.2 Å². The molecule has 5 rings (SSSR count). The highest BCUT2D eigenvalue weighted by Gasteiger charge is 2.47. The Morgan fingerprint density at radius 3 is 2.56 bits per heavy atom. The zero-order valence-corrected chi connectivity index (χ0v) is 23.9. The first-order chi connectivity index (χ1) is 18.7. The average molecular weight is 575 g/mol. The predicted octanol–water partition coefficient (Wildman–Crippen LogP) is 3.29. The molecular formula is C29H37ClN3O5S+. The summed E-state index contributed by atoms with van der Waals surface area (Å²) >= 11 is 6.75. The molecule has 0 unspecified atom stereocenters. The number of hydrogen-bond acceptors (Lipinski definition) is 6. The van der Waals surface area contributed by atoms with Gasteiger partial charge >= 0.3 is 5.97 Å². The molecule has 2 fully saturated rings. The molecule has 10 heteroatoms. The van der Waals surface area contributed by atoms with E-state index < -0.39 is 21.6 Å². The fourth-order valence-electron chi connectivity index (χ4n) is 5.95. The van der Waals surface area contributed by atoms with Crippen molar-refractivity contribution in [2.45, 2.75) is 51.0 Å². The van der Waals surface area contributed by atoms with Gasteiger partial charge in [-0.15, -0.1) is 0 Å². The van der Waals surface area contributed by atoms with Crippen LogP contribution >= 0.6 is 11.6 Å². The average Bonchev–Trinajstić information content (AvgIpc) is 3.14. The summed E-state index contributed by atoms with van der Waals surface area (Å²) in [5.41, 5.74) is 10.3. The van der Waals surface area contributed by atoms with Crippen LogP contribution < -0.4 is 15.4 Å². The Morgan fingerprint density at radius 2 is 1.82 bits per heavy atom. The monoisotopic (exact) mass is 574 g/mol. The minimum atomic E-state index is -3.50. The molecule has 2 aromatic carbocycles. The van der Waals surface area contributed by atoms with Gasteiger partial charge in [0, 0.05) is 22.7 Å². The van der Waals surface area contributed by atoms with Crippen molar-refractivity contribution in [1.29, 1.82) is 0 Å². The third-order valence-electron chi connectivity index (χ3n) is 8.09. The highest BCUT2D eigenvalue weighted by atomic mass is 35.5. The zero-order chi connectivity index (χ0) is 27.6. The van der Waals surface area contributed by atoms with Crippen LogP contribution in [0, 0.1) is 6.92 Å². The van der Waals surface area contributed by atoms with Crippen molar-refractivity contribution < 1.29 is 27.6 Å². The lowest BCUT2D eigenvalue weighted by molar-refractivity contribution is -0.908. The maximum absolute atomic E-state index is 12.9. The molecule has 1 spiro atoms. The van der Waals surface area contributed by atoms with Gasteiger partial charge in [-0.3, -0.25) is 4.72 Å². The summed E-state index contributed by atoms with van der Waals surface area (Å²) in [5, 5.41) is 0.446. The van der Waals surface area contributed by atoms with Gasteiger partial charge in [0.2, 0.25) is 10.0 Å². The number of hydrogen-bond donors (Lipinski definition) is 3.